The van der Waals surface area contributed by atoms with Gasteiger partial charge >= 0.3 is 5.97 Å². The number of hydrogen-bond acceptors (Lipinski definition) is 7. The Hall–Kier alpha value is -4.28. The van der Waals surface area contributed by atoms with Crippen LogP contribution in [0.15, 0.2) is 73.8 Å². The first-order valence-corrected chi connectivity index (χ1v) is 18.1. The Morgan fingerprint density at radius 1 is 1.08 bits per heavy atom. The largest absolute Gasteiger partial charge is 0.455 e. The number of ether oxygens (including phenoxy) is 2. The summed E-state index contributed by atoms with van der Waals surface area (Å²) in [5.41, 5.74) is 1.92. The van der Waals surface area contributed by atoms with Gasteiger partial charge in [-0.3, -0.25) is 19.2 Å². The van der Waals surface area contributed by atoms with E-state index in [1.54, 1.807) is 24.0 Å². The van der Waals surface area contributed by atoms with Crippen LogP contribution in [0.4, 0.5) is 5.69 Å². The van der Waals surface area contributed by atoms with Crippen LogP contribution in [0.3, 0.4) is 0 Å². The van der Waals surface area contributed by atoms with E-state index in [1.165, 1.54) is 4.90 Å². The maximum absolute atomic E-state index is 15.1. The molecule has 3 fully saturated rings. The molecule has 0 aromatic heterocycles. The molecule has 1 spiro atoms. The molecular formula is C41H53N3O7. The highest BCUT2D eigenvalue weighted by Gasteiger charge is 2.76. The summed E-state index contributed by atoms with van der Waals surface area (Å²) in [5.74, 6) is -3.39. The van der Waals surface area contributed by atoms with Crippen LogP contribution in [0.25, 0.3) is 0 Å². The molecule has 3 aliphatic heterocycles. The maximum atomic E-state index is 15.1. The second-order valence-electron chi connectivity index (χ2n) is 14.7. The van der Waals surface area contributed by atoms with Crippen LogP contribution in [0.1, 0.15) is 75.7 Å². The molecule has 0 radical (unpaired) electrons. The molecule has 0 unspecified atom stereocenters. The van der Waals surface area contributed by atoms with E-state index in [2.05, 4.69) is 18.5 Å². The van der Waals surface area contributed by atoms with Crippen molar-refractivity contribution < 1.29 is 33.8 Å². The minimum Gasteiger partial charge on any atom is -0.455 e. The molecule has 0 aliphatic carbocycles. The third kappa shape index (κ3) is 7.26. The molecule has 2 bridgehead atoms. The summed E-state index contributed by atoms with van der Waals surface area (Å²) in [6, 6.07) is 12.7. The predicted octanol–water partition coefficient (Wildman–Crippen LogP) is 5.36. The minimum atomic E-state index is -1.30. The molecule has 8 atom stereocenters. The molecule has 2 aromatic carbocycles. The Labute approximate surface area is 301 Å². The first-order chi connectivity index (χ1) is 24.4. The zero-order valence-corrected chi connectivity index (χ0v) is 30.5. The van der Waals surface area contributed by atoms with Crippen molar-refractivity contribution in [1.82, 2.24) is 10.2 Å². The van der Waals surface area contributed by atoms with Gasteiger partial charge in [0.1, 0.15) is 17.7 Å². The van der Waals surface area contributed by atoms with Crippen LogP contribution >= 0.6 is 0 Å². The van der Waals surface area contributed by atoms with Gasteiger partial charge in [0.15, 0.2) is 0 Å². The number of allylic oxidation sites excluding steroid dienone is 1. The second-order valence-corrected chi connectivity index (χ2v) is 14.7. The van der Waals surface area contributed by atoms with Crippen molar-refractivity contribution in [3.05, 3.63) is 90.5 Å². The molecule has 2 aromatic rings. The van der Waals surface area contributed by atoms with Gasteiger partial charge in [-0.2, -0.15) is 0 Å². The number of benzene rings is 2. The highest BCUT2D eigenvalue weighted by molar-refractivity contribution is 6.05. The number of fused-ring (bicyclic) bond motifs is 1. The Morgan fingerprint density at radius 2 is 1.76 bits per heavy atom. The fraction of sp³-hybridized carbons (Fsp3) is 0.512. The van der Waals surface area contributed by atoms with Crippen LogP contribution < -0.4 is 10.2 Å². The molecular weight excluding hydrogens is 646 g/mol. The molecule has 3 saturated heterocycles. The fourth-order valence-corrected chi connectivity index (χ4v) is 8.59. The van der Waals surface area contributed by atoms with E-state index in [-0.39, 0.29) is 43.2 Å². The molecule has 10 nitrogen and oxygen atoms in total. The lowest BCUT2D eigenvalue weighted by molar-refractivity contribution is -0.162. The van der Waals surface area contributed by atoms with Crippen molar-refractivity contribution in [2.75, 3.05) is 18.1 Å². The number of aryl methyl sites for hydroxylation is 2. The van der Waals surface area contributed by atoms with Crippen LogP contribution in [0.5, 0.6) is 0 Å². The highest BCUT2D eigenvalue weighted by atomic mass is 16.6. The van der Waals surface area contributed by atoms with Gasteiger partial charge in [0.25, 0.3) is 5.91 Å². The zero-order chi connectivity index (χ0) is 37.0. The standard InChI is InChI=1S/C41H53N3O7/c1-8-10-19-32(46)42-28(7)36(29-17-12-11-13-18-29)50-40(49)33-31-20-21-41(51-31)34(33)38(47)44(30(24-45)23-25(3)4)37(41)39(48)43(22-9-2)35-26(5)15-14-16-27(35)6/h8-9,11-18,25,28,30-31,33-34,36-37,45H,1-2,10,19-24H2,3-7H3,(H,42,46)/t28-,30-,31+,33-,34-,36-,37+,41-/m1/s1. The molecule has 274 valence electrons. The summed E-state index contributed by atoms with van der Waals surface area (Å²) in [6.45, 7) is 17.1. The second kappa shape index (κ2) is 15.9. The number of nitrogens with one attached hydrogen (secondary N) is 1. The molecule has 10 heteroatoms. The van der Waals surface area contributed by atoms with Gasteiger partial charge in [-0.05, 0) is 69.1 Å². The number of likely N-dealkylation sites (tertiary alicyclic amines) is 1. The number of nitrogens with zero attached hydrogens (tertiary/aromatic N) is 2. The first-order valence-electron chi connectivity index (χ1n) is 18.1. The summed E-state index contributed by atoms with van der Waals surface area (Å²) in [4.78, 5) is 60.3. The number of esters is 1. The summed E-state index contributed by atoms with van der Waals surface area (Å²) in [5, 5.41) is 13.7. The Morgan fingerprint density at radius 3 is 2.37 bits per heavy atom. The van der Waals surface area contributed by atoms with Crippen molar-refractivity contribution in [3.8, 4) is 0 Å². The van der Waals surface area contributed by atoms with Crippen molar-refractivity contribution in [3.63, 3.8) is 0 Å². The van der Waals surface area contributed by atoms with Gasteiger partial charge in [0, 0.05) is 18.7 Å². The molecule has 3 aliphatic rings. The number of anilines is 1. The van der Waals surface area contributed by atoms with Crippen molar-refractivity contribution >= 4 is 29.4 Å². The first kappa shape index (κ1) is 38.0. The number of para-hydroxylation sites is 1. The summed E-state index contributed by atoms with van der Waals surface area (Å²) < 4.78 is 13.0. The lowest BCUT2D eigenvalue weighted by Gasteiger charge is -2.40. The van der Waals surface area contributed by atoms with Gasteiger partial charge in [-0.15, -0.1) is 13.2 Å². The van der Waals surface area contributed by atoms with Gasteiger partial charge in [-0.25, -0.2) is 0 Å². The van der Waals surface area contributed by atoms with E-state index in [9.17, 15) is 19.5 Å². The molecule has 2 N–H and O–H groups in total. The van der Waals surface area contributed by atoms with E-state index in [0.29, 0.717) is 31.2 Å². The molecule has 3 amide bonds. The number of amides is 3. The van der Waals surface area contributed by atoms with Crippen molar-refractivity contribution in [1.29, 1.82) is 0 Å². The smallest absolute Gasteiger partial charge is 0.313 e. The van der Waals surface area contributed by atoms with Crippen molar-refractivity contribution in [2.45, 2.75) is 103 Å². The lowest BCUT2D eigenvalue weighted by atomic mass is 9.70. The van der Waals surface area contributed by atoms with Crippen molar-refractivity contribution in [2.24, 2.45) is 17.8 Å². The Kier molecular flexibility index (Phi) is 11.9. The number of carbonyl (C=O) groups is 4. The molecule has 5 rings (SSSR count). The number of aliphatic hydroxyl groups is 1. The van der Waals surface area contributed by atoms with E-state index in [1.807, 2.05) is 76.2 Å². The maximum Gasteiger partial charge on any atom is 0.313 e. The monoisotopic (exact) mass is 699 g/mol. The number of rotatable bonds is 16. The summed E-state index contributed by atoms with van der Waals surface area (Å²) in [7, 11) is 0. The predicted molar refractivity (Wildman–Crippen MR) is 196 cm³/mol. The van der Waals surface area contributed by atoms with Crippen LogP contribution in [-0.4, -0.2) is 76.7 Å². The zero-order valence-electron chi connectivity index (χ0n) is 30.5. The molecule has 3 heterocycles. The van der Waals surface area contributed by atoms with Gasteiger partial charge < -0.3 is 29.7 Å². The summed E-state index contributed by atoms with van der Waals surface area (Å²) in [6.07, 6.45) is 3.93. The topological polar surface area (TPSA) is 125 Å². The van der Waals surface area contributed by atoms with Crippen LogP contribution in [-0.2, 0) is 28.7 Å². The van der Waals surface area contributed by atoms with E-state index in [4.69, 9.17) is 9.47 Å². The average Bonchev–Trinajstić information content (AvgIpc) is 3.75. The third-order valence-electron chi connectivity index (χ3n) is 10.7. The number of hydrogen-bond donors (Lipinski definition) is 2. The third-order valence-corrected chi connectivity index (χ3v) is 10.7. The normalized spacial score (nSPS) is 25.2. The molecule has 0 saturated carbocycles. The highest BCUT2D eigenvalue weighted by Crippen LogP contribution is 2.59. The molecule has 51 heavy (non-hydrogen) atoms. The van der Waals surface area contributed by atoms with Gasteiger partial charge in [-0.1, -0.05) is 74.5 Å². The van der Waals surface area contributed by atoms with E-state index >= 15 is 4.79 Å². The van der Waals surface area contributed by atoms with Crippen LogP contribution in [0, 0.1) is 31.6 Å². The fourth-order valence-electron chi connectivity index (χ4n) is 8.59. The van der Waals surface area contributed by atoms with E-state index in [0.717, 1.165) is 16.8 Å². The Balaban J connectivity index is 1.54. The SMILES string of the molecule is C=CCCC(=O)N[C@H](C)[C@@H](OC(=O)[C@@H]1[C@@H]2CC[C@]3(O2)[C@H](C(=O)N(CC=C)c2c(C)cccc2C)N([C@@H](CO)CC(C)C)C(=O)[C@@H]13)c1ccccc1. The van der Waals surface area contributed by atoms with Crippen LogP contribution in [0.2, 0.25) is 0 Å². The number of carbonyl (C=O) groups excluding carboxylic acids is 4. The summed E-state index contributed by atoms with van der Waals surface area (Å²) >= 11 is 0. The quantitative estimate of drug-likeness (QED) is 0.179. The van der Waals surface area contributed by atoms with Gasteiger partial charge in [0.05, 0.1) is 36.6 Å². The van der Waals surface area contributed by atoms with E-state index < -0.39 is 53.7 Å². The lowest BCUT2D eigenvalue weighted by Crippen LogP contribution is -2.59. The average molecular weight is 700 g/mol. The van der Waals surface area contributed by atoms with Gasteiger partial charge in [0.2, 0.25) is 11.8 Å². The minimum absolute atomic E-state index is 0.111. The number of aliphatic hydroxyl groups excluding tert-OH is 1. The Bertz CT molecular complexity index is 1610.